The highest BCUT2D eigenvalue weighted by molar-refractivity contribution is 8.16. The second-order valence-corrected chi connectivity index (χ2v) is 9.19. The Balaban J connectivity index is 2.09. The van der Waals surface area contributed by atoms with Crippen LogP contribution in [0.2, 0.25) is 0 Å². The van der Waals surface area contributed by atoms with Gasteiger partial charge in [-0.1, -0.05) is 11.8 Å². The summed E-state index contributed by atoms with van der Waals surface area (Å²) in [5.74, 6) is 0.506. The van der Waals surface area contributed by atoms with Gasteiger partial charge in [0, 0.05) is 11.3 Å². The summed E-state index contributed by atoms with van der Waals surface area (Å²) in [6.45, 7) is 0. The SMILES string of the molecule is COc1ccc(OC)c(N2C(=NC(=O)CC#N)S[C@@H]3CS(=O)(=O)C[C@H]32)c1. The van der Waals surface area contributed by atoms with Crippen LogP contribution in [0.1, 0.15) is 6.42 Å². The Morgan fingerprint density at radius 1 is 1.38 bits per heavy atom. The molecule has 8 nitrogen and oxygen atoms in total. The molecule has 0 saturated carbocycles. The van der Waals surface area contributed by atoms with Gasteiger partial charge in [-0.15, -0.1) is 0 Å². The van der Waals surface area contributed by atoms with Crippen molar-refractivity contribution >= 4 is 38.4 Å². The van der Waals surface area contributed by atoms with Gasteiger partial charge in [0.05, 0.1) is 43.5 Å². The van der Waals surface area contributed by atoms with E-state index in [1.807, 2.05) is 0 Å². The first-order valence-corrected chi connectivity index (χ1v) is 10.5. The number of sulfone groups is 1. The lowest BCUT2D eigenvalue weighted by Crippen LogP contribution is -2.38. The quantitative estimate of drug-likeness (QED) is 0.749. The number of amides is 1. The van der Waals surface area contributed by atoms with Crippen molar-refractivity contribution in [1.29, 1.82) is 5.26 Å². The van der Waals surface area contributed by atoms with Crippen molar-refractivity contribution in [1.82, 2.24) is 0 Å². The third-order valence-electron chi connectivity index (χ3n) is 4.16. The summed E-state index contributed by atoms with van der Waals surface area (Å²) in [6.07, 6.45) is -0.333. The molecule has 2 heterocycles. The first kappa shape index (κ1) is 18.5. The average Bonchev–Trinajstić information content (AvgIpc) is 3.05. The highest BCUT2D eigenvalue weighted by atomic mass is 32.2. The van der Waals surface area contributed by atoms with Crippen LogP contribution in [0.25, 0.3) is 0 Å². The van der Waals surface area contributed by atoms with Gasteiger partial charge in [-0.2, -0.15) is 10.3 Å². The zero-order valence-corrected chi connectivity index (χ0v) is 15.8. The predicted octanol–water partition coefficient (Wildman–Crippen LogP) is 1.22. The second kappa shape index (κ2) is 7.17. The molecule has 0 radical (unpaired) electrons. The number of aliphatic imine (C=N–C) groups is 1. The van der Waals surface area contributed by atoms with E-state index in [9.17, 15) is 13.2 Å². The third kappa shape index (κ3) is 3.50. The van der Waals surface area contributed by atoms with E-state index in [-0.39, 0.29) is 29.2 Å². The number of thioether (sulfide) groups is 1. The monoisotopic (exact) mass is 395 g/mol. The maximum atomic E-state index is 12.1. The number of methoxy groups -OCH3 is 2. The van der Waals surface area contributed by atoms with Crippen LogP contribution in [0.5, 0.6) is 11.5 Å². The normalized spacial score (nSPS) is 25.0. The Morgan fingerprint density at radius 3 is 2.81 bits per heavy atom. The summed E-state index contributed by atoms with van der Waals surface area (Å²) in [6, 6.07) is 6.57. The van der Waals surface area contributed by atoms with Gasteiger partial charge in [0.25, 0.3) is 5.91 Å². The summed E-state index contributed by atoms with van der Waals surface area (Å²) in [5, 5.41) is 8.84. The van der Waals surface area contributed by atoms with Gasteiger partial charge in [-0.25, -0.2) is 8.42 Å². The molecule has 0 aromatic heterocycles. The summed E-state index contributed by atoms with van der Waals surface area (Å²) in [7, 11) is -0.135. The number of carbonyl (C=O) groups excluding carboxylic acids is 1. The van der Waals surface area contributed by atoms with Gasteiger partial charge in [0.2, 0.25) is 0 Å². The molecule has 2 atom stereocenters. The molecular formula is C16H17N3O5S2. The van der Waals surface area contributed by atoms with Crippen LogP contribution in [-0.2, 0) is 14.6 Å². The van der Waals surface area contributed by atoms with Crippen LogP contribution in [0, 0.1) is 11.3 Å². The number of fused-ring (bicyclic) bond motifs is 1. The number of ether oxygens (including phenoxy) is 2. The number of hydrogen-bond acceptors (Lipinski definition) is 7. The van der Waals surface area contributed by atoms with Gasteiger partial charge in [-0.05, 0) is 12.1 Å². The molecule has 1 amide bonds. The fourth-order valence-electron chi connectivity index (χ4n) is 3.05. The van der Waals surface area contributed by atoms with E-state index in [1.54, 1.807) is 29.2 Å². The number of nitrogens with zero attached hydrogens (tertiary/aromatic N) is 3. The summed E-state index contributed by atoms with van der Waals surface area (Å²) in [4.78, 5) is 17.6. The van der Waals surface area contributed by atoms with Crippen LogP contribution in [0.3, 0.4) is 0 Å². The molecule has 0 aliphatic carbocycles. The highest BCUT2D eigenvalue weighted by Crippen LogP contribution is 2.44. The van der Waals surface area contributed by atoms with Gasteiger partial charge in [-0.3, -0.25) is 4.79 Å². The Labute approximate surface area is 155 Å². The molecule has 26 heavy (non-hydrogen) atoms. The van der Waals surface area contributed by atoms with Gasteiger partial charge in [0.15, 0.2) is 15.0 Å². The minimum atomic E-state index is -3.17. The Hall–Kier alpha value is -2.25. The van der Waals surface area contributed by atoms with E-state index < -0.39 is 15.7 Å². The van der Waals surface area contributed by atoms with Crippen LogP contribution >= 0.6 is 11.8 Å². The molecule has 3 rings (SSSR count). The molecule has 138 valence electrons. The summed E-state index contributed by atoms with van der Waals surface area (Å²) < 4.78 is 34.8. The van der Waals surface area contributed by atoms with E-state index in [0.717, 1.165) is 0 Å². The smallest absolute Gasteiger partial charge is 0.262 e. The van der Waals surface area contributed by atoms with E-state index in [1.165, 1.54) is 26.0 Å². The van der Waals surface area contributed by atoms with Gasteiger partial charge < -0.3 is 14.4 Å². The first-order chi connectivity index (χ1) is 12.4. The van der Waals surface area contributed by atoms with Crippen molar-refractivity contribution in [2.24, 2.45) is 4.99 Å². The topological polar surface area (TPSA) is 109 Å². The number of carbonyl (C=O) groups is 1. The maximum Gasteiger partial charge on any atom is 0.262 e. The molecule has 0 N–H and O–H groups in total. The third-order valence-corrected chi connectivity index (χ3v) is 7.37. The zero-order valence-electron chi connectivity index (χ0n) is 14.2. The number of nitriles is 1. The van der Waals surface area contributed by atoms with Crippen LogP contribution in [0.15, 0.2) is 23.2 Å². The molecule has 0 bridgehead atoms. The van der Waals surface area contributed by atoms with E-state index in [4.69, 9.17) is 14.7 Å². The molecule has 0 spiro atoms. The van der Waals surface area contributed by atoms with E-state index >= 15 is 0 Å². The lowest BCUT2D eigenvalue weighted by atomic mass is 10.2. The van der Waals surface area contributed by atoms with Crippen LogP contribution in [-0.4, -0.2) is 56.5 Å². The van der Waals surface area contributed by atoms with Gasteiger partial charge in [0.1, 0.15) is 17.9 Å². The Kier molecular flexibility index (Phi) is 5.11. The van der Waals surface area contributed by atoms with Crippen molar-refractivity contribution < 1.29 is 22.7 Å². The van der Waals surface area contributed by atoms with E-state index in [0.29, 0.717) is 22.4 Å². The second-order valence-electron chi connectivity index (χ2n) is 5.83. The molecule has 0 unspecified atom stereocenters. The number of anilines is 1. The fraction of sp³-hybridized carbons (Fsp3) is 0.438. The molecule has 1 aromatic rings. The minimum Gasteiger partial charge on any atom is -0.497 e. The van der Waals surface area contributed by atoms with Gasteiger partial charge >= 0.3 is 0 Å². The number of hydrogen-bond donors (Lipinski definition) is 0. The molecule has 1 aromatic carbocycles. The lowest BCUT2D eigenvalue weighted by molar-refractivity contribution is -0.116. The Morgan fingerprint density at radius 2 is 2.15 bits per heavy atom. The number of rotatable bonds is 4. The summed E-state index contributed by atoms with van der Waals surface area (Å²) in [5.41, 5.74) is 0.576. The van der Waals surface area contributed by atoms with Crippen molar-refractivity contribution in [3.8, 4) is 17.6 Å². The summed E-state index contributed by atoms with van der Waals surface area (Å²) >= 11 is 1.24. The number of benzene rings is 1. The lowest BCUT2D eigenvalue weighted by Gasteiger charge is -2.26. The van der Waals surface area contributed by atoms with Crippen molar-refractivity contribution in [3.05, 3.63) is 18.2 Å². The zero-order chi connectivity index (χ0) is 18.9. The highest BCUT2D eigenvalue weighted by Gasteiger charge is 2.50. The maximum absolute atomic E-state index is 12.1. The standard InChI is InChI=1S/C16H17N3O5S2/c1-23-10-3-4-13(24-2)11(7-10)19-12-8-26(21,22)9-14(12)25-16(19)18-15(20)5-6-17/h3-4,7,12,14H,5,8-9H2,1-2H3/t12-,14-/m1/s1. The molecule has 10 heteroatoms. The van der Waals surface area contributed by atoms with Crippen molar-refractivity contribution in [3.63, 3.8) is 0 Å². The molecule has 2 aliphatic heterocycles. The fourth-order valence-corrected chi connectivity index (χ4v) is 6.97. The molecule has 2 saturated heterocycles. The predicted molar refractivity (Wildman–Crippen MR) is 98.5 cm³/mol. The number of amidine groups is 1. The largest absolute Gasteiger partial charge is 0.497 e. The van der Waals surface area contributed by atoms with Crippen molar-refractivity contribution in [2.45, 2.75) is 17.7 Å². The minimum absolute atomic E-state index is 0.0244. The average molecular weight is 395 g/mol. The molecule has 2 aliphatic rings. The molecule has 2 fully saturated rings. The van der Waals surface area contributed by atoms with Crippen LogP contribution < -0.4 is 14.4 Å². The van der Waals surface area contributed by atoms with Crippen molar-refractivity contribution in [2.75, 3.05) is 30.6 Å². The first-order valence-electron chi connectivity index (χ1n) is 7.75. The van der Waals surface area contributed by atoms with Crippen LogP contribution in [0.4, 0.5) is 5.69 Å². The van der Waals surface area contributed by atoms with E-state index in [2.05, 4.69) is 4.99 Å². The Bertz CT molecular complexity index is 907. The molecular weight excluding hydrogens is 378 g/mol.